The zero-order chi connectivity index (χ0) is 15.2. The molecule has 0 fully saturated rings. The van der Waals surface area contributed by atoms with Crippen molar-refractivity contribution in [2.75, 3.05) is 24.3 Å². The second kappa shape index (κ2) is 7.38. The number of rotatable bonds is 6. The molecule has 0 aliphatic carbocycles. The minimum Gasteiger partial charge on any atom is -0.490 e. The van der Waals surface area contributed by atoms with Gasteiger partial charge in [-0.15, -0.1) is 0 Å². The first-order valence-electron chi connectivity index (χ1n) is 6.14. The number of benzene rings is 1. The highest BCUT2D eigenvalue weighted by Crippen LogP contribution is 2.36. The van der Waals surface area contributed by atoms with Gasteiger partial charge in [-0.2, -0.15) is 0 Å². The predicted molar refractivity (Wildman–Crippen MR) is 83.8 cm³/mol. The Morgan fingerprint density at radius 1 is 1.38 bits per heavy atom. The lowest BCUT2D eigenvalue weighted by Crippen LogP contribution is -2.04. The van der Waals surface area contributed by atoms with Crippen LogP contribution < -0.4 is 9.46 Å². The summed E-state index contributed by atoms with van der Waals surface area (Å²) < 4.78 is 31.8. The summed E-state index contributed by atoms with van der Waals surface area (Å²) in [5, 5.41) is 0.523. The Morgan fingerprint density at radius 3 is 2.86 bits per heavy atom. The van der Waals surface area contributed by atoms with Crippen molar-refractivity contribution in [2.45, 2.75) is 0 Å². The van der Waals surface area contributed by atoms with Gasteiger partial charge in [-0.1, -0.05) is 11.6 Å². The van der Waals surface area contributed by atoms with Crippen LogP contribution in [0.3, 0.4) is 0 Å². The number of pyridine rings is 1. The van der Waals surface area contributed by atoms with Gasteiger partial charge in [-0.25, -0.2) is 8.60 Å². The van der Waals surface area contributed by atoms with Crippen LogP contribution in [0.1, 0.15) is 0 Å². The van der Waals surface area contributed by atoms with Crippen molar-refractivity contribution in [2.24, 2.45) is 0 Å². The number of nitrogens with one attached hydrogen (secondary N) is 1. The van der Waals surface area contributed by atoms with E-state index in [1.807, 2.05) is 0 Å². The minimum atomic E-state index is -1.20. The summed E-state index contributed by atoms with van der Waals surface area (Å²) in [6.45, 7) is -0.666. The zero-order valence-electron chi connectivity index (χ0n) is 11.3. The van der Waals surface area contributed by atoms with Crippen LogP contribution in [0, 0.1) is 0 Å². The number of hydrogen-bond donors (Lipinski definition) is 1. The number of aromatic nitrogens is 1. The van der Waals surface area contributed by atoms with Gasteiger partial charge in [0.05, 0.1) is 5.02 Å². The molecule has 2 rings (SSSR count). The summed E-state index contributed by atoms with van der Waals surface area (Å²) in [5.74, 6) is 0.456. The summed E-state index contributed by atoms with van der Waals surface area (Å²) in [7, 11) is -1.20. The van der Waals surface area contributed by atoms with E-state index in [2.05, 4.69) is 9.71 Å². The molecule has 2 aromatic rings. The van der Waals surface area contributed by atoms with Gasteiger partial charge in [0.1, 0.15) is 30.0 Å². The molecule has 1 heterocycles. The molecule has 112 valence electrons. The van der Waals surface area contributed by atoms with E-state index in [0.29, 0.717) is 27.6 Å². The number of alkyl halides is 1. The van der Waals surface area contributed by atoms with Gasteiger partial charge in [-0.05, 0) is 18.2 Å². The van der Waals surface area contributed by atoms with E-state index in [1.165, 1.54) is 6.26 Å². The Hall–Kier alpha value is -1.66. The highest BCUT2D eigenvalue weighted by molar-refractivity contribution is 7.85. The number of anilines is 1. The van der Waals surface area contributed by atoms with Crippen LogP contribution in [-0.2, 0) is 11.0 Å². The Labute approximate surface area is 129 Å². The average Bonchev–Trinajstić information content (AvgIpc) is 2.45. The summed E-state index contributed by atoms with van der Waals surface area (Å²) in [6, 6.07) is 6.85. The fraction of sp³-hybridized carbons (Fsp3) is 0.214. The molecule has 0 bridgehead atoms. The van der Waals surface area contributed by atoms with Crippen molar-refractivity contribution in [3.8, 4) is 16.9 Å². The third-order valence-electron chi connectivity index (χ3n) is 2.64. The number of nitrogens with zero attached hydrogens (tertiary/aromatic N) is 1. The molecule has 0 amide bonds. The normalized spacial score (nSPS) is 12.0. The van der Waals surface area contributed by atoms with Gasteiger partial charge < -0.3 is 9.46 Å². The van der Waals surface area contributed by atoms with Crippen molar-refractivity contribution in [3.05, 3.63) is 41.7 Å². The molecule has 0 aliphatic rings. The maximum Gasteiger partial charge on any atom is 0.129 e. The monoisotopic (exact) mass is 328 g/mol. The Kier molecular flexibility index (Phi) is 5.52. The van der Waals surface area contributed by atoms with Crippen molar-refractivity contribution < 1.29 is 13.3 Å². The third-order valence-corrected chi connectivity index (χ3v) is 3.49. The van der Waals surface area contributed by atoms with Crippen LogP contribution in [0.25, 0.3) is 11.1 Å². The maximum absolute atomic E-state index is 12.4. The lowest BCUT2D eigenvalue weighted by Gasteiger charge is -2.13. The first kappa shape index (κ1) is 15.7. The summed E-state index contributed by atoms with van der Waals surface area (Å²) in [6.07, 6.45) is 4.73. The second-order valence-corrected chi connectivity index (χ2v) is 5.68. The van der Waals surface area contributed by atoms with Crippen LogP contribution in [0.4, 0.5) is 10.1 Å². The molecular formula is C14H14ClFN2O2S. The molecule has 1 aromatic carbocycles. The van der Waals surface area contributed by atoms with E-state index in [0.717, 1.165) is 0 Å². The summed E-state index contributed by atoms with van der Waals surface area (Å²) in [4.78, 5) is 4.04. The number of halogens is 2. The molecule has 0 spiro atoms. The minimum absolute atomic E-state index is 0.0659. The molecule has 1 atom stereocenters. The van der Waals surface area contributed by atoms with Crippen molar-refractivity contribution >= 4 is 28.3 Å². The molecule has 0 saturated carbocycles. The fourth-order valence-corrected chi connectivity index (χ4v) is 2.48. The quantitative estimate of drug-likeness (QED) is 0.883. The predicted octanol–water partition coefficient (Wildman–Crippen LogP) is 3.46. The van der Waals surface area contributed by atoms with Crippen LogP contribution in [-0.4, -0.2) is 28.7 Å². The third kappa shape index (κ3) is 4.15. The Morgan fingerprint density at radius 2 is 2.19 bits per heavy atom. The molecule has 1 unspecified atom stereocenters. The topological polar surface area (TPSA) is 51.2 Å². The van der Waals surface area contributed by atoms with E-state index in [1.54, 1.807) is 36.7 Å². The van der Waals surface area contributed by atoms with Gasteiger partial charge in [0.25, 0.3) is 0 Å². The van der Waals surface area contributed by atoms with Crippen LogP contribution in [0.15, 0.2) is 36.7 Å². The second-order valence-electron chi connectivity index (χ2n) is 4.16. The standard InChI is InChI=1S/C14H14ClFN2O2S/c1-21(19)18-10-2-3-11(14(8-10)20-7-5-16)12-9-17-6-4-13(12)15/h2-4,6,8-9,18H,5,7H2,1H3. The smallest absolute Gasteiger partial charge is 0.129 e. The lowest BCUT2D eigenvalue weighted by molar-refractivity contribution is 0.274. The van der Waals surface area contributed by atoms with Crippen molar-refractivity contribution in [3.63, 3.8) is 0 Å². The molecule has 0 radical (unpaired) electrons. The molecule has 1 N–H and O–H groups in total. The Bertz CT molecular complexity index is 655. The van der Waals surface area contributed by atoms with E-state index in [9.17, 15) is 8.60 Å². The Balaban J connectivity index is 2.44. The van der Waals surface area contributed by atoms with Gasteiger partial charge in [0, 0.05) is 41.5 Å². The molecule has 21 heavy (non-hydrogen) atoms. The average molecular weight is 329 g/mol. The van der Waals surface area contributed by atoms with Crippen LogP contribution in [0.2, 0.25) is 5.02 Å². The van der Waals surface area contributed by atoms with Gasteiger partial charge in [0.15, 0.2) is 0 Å². The summed E-state index contributed by atoms with van der Waals surface area (Å²) >= 11 is 6.16. The van der Waals surface area contributed by atoms with E-state index in [4.69, 9.17) is 16.3 Å². The van der Waals surface area contributed by atoms with E-state index >= 15 is 0 Å². The first-order valence-corrected chi connectivity index (χ1v) is 8.08. The highest BCUT2D eigenvalue weighted by Gasteiger charge is 2.11. The molecule has 0 aliphatic heterocycles. The lowest BCUT2D eigenvalue weighted by atomic mass is 10.1. The first-order chi connectivity index (χ1) is 10.1. The van der Waals surface area contributed by atoms with Crippen molar-refractivity contribution in [1.82, 2.24) is 4.98 Å². The van der Waals surface area contributed by atoms with Crippen molar-refractivity contribution in [1.29, 1.82) is 0 Å². The maximum atomic E-state index is 12.4. The molecular weight excluding hydrogens is 315 g/mol. The van der Waals surface area contributed by atoms with Gasteiger partial charge >= 0.3 is 0 Å². The van der Waals surface area contributed by atoms with Crippen LogP contribution >= 0.6 is 11.6 Å². The molecule has 1 aromatic heterocycles. The SMILES string of the molecule is CS(=O)Nc1ccc(-c2cnccc2Cl)c(OCCF)c1. The summed E-state index contributed by atoms with van der Waals surface area (Å²) in [5.41, 5.74) is 2.01. The molecule has 4 nitrogen and oxygen atoms in total. The van der Waals surface area contributed by atoms with Crippen LogP contribution in [0.5, 0.6) is 5.75 Å². The molecule has 0 saturated heterocycles. The molecule has 7 heteroatoms. The number of ether oxygens (including phenoxy) is 1. The van der Waals surface area contributed by atoms with E-state index < -0.39 is 17.7 Å². The largest absolute Gasteiger partial charge is 0.490 e. The highest BCUT2D eigenvalue weighted by atomic mass is 35.5. The fourth-order valence-electron chi connectivity index (χ4n) is 1.82. The van der Waals surface area contributed by atoms with Gasteiger partial charge in [0.2, 0.25) is 0 Å². The van der Waals surface area contributed by atoms with Gasteiger partial charge in [-0.3, -0.25) is 4.98 Å². The zero-order valence-corrected chi connectivity index (χ0v) is 12.9. The number of hydrogen-bond acceptors (Lipinski definition) is 3. The van der Waals surface area contributed by atoms with E-state index in [-0.39, 0.29) is 6.61 Å².